The zero-order chi connectivity index (χ0) is 43.9. The van der Waals surface area contributed by atoms with Crippen molar-refractivity contribution in [3.63, 3.8) is 0 Å². The van der Waals surface area contributed by atoms with Crippen LogP contribution < -0.4 is 10.6 Å². The number of benzene rings is 9. The molecule has 0 aliphatic carbocycles. The van der Waals surface area contributed by atoms with Crippen molar-refractivity contribution in [1.82, 2.24) is 13.7 Å². The van der Waals surface area contributed by atoms with Crippen molar-refractivity contribution in [1.29, 1.82) is 0 Å². The van der Waals surface area contributed by atoms with Crippen LogP contribution in [0.5, 0.6) is 0 Å². The van der Waals surface area contributed by atoms with Gasteiger partial charge in [0.15, 0.2) is 0 Å². The van der Waals surface area contributed by atoms with Gasteiger partial charge in [-0.1, -0.05) is 117 Å². The van der Waals surface area contributed by atoms with Crippen molar-refractivity contribution in [3.05, 3.63) is 213 Å². The Morgan fingerprint density at radius 1 is 0.415 bits per heavy atom. The van der Waals surface area contributed by atoms with Gasteiger partial charge in [-0.05, 0) is 110 Å². The van der Waals surface area contributed by atoms with Crippen molar-refractivity contribution >= 4 is 126 Å². The number of nitro groups is 1. The Morgan fingerprint density at radius 3 is 1.54 bits per heavy atom. The van der Waals surface area contributed by atoms with Gasteiger partial charge >= 0.3 is 0 Å². The van der Waals surface area contributed by atoms with Crippen molar-refractivity contribution in [2.45, 2.75) is 6.92 Å². The smallest absolute Gasteiger partial charge is 0.293 e. The SMILES string of the molecule is Brc1ccc2c(c1)c1cccc3c1n2-c1ccccc1N3.Cc1cc2c3c(c1)c1ccccc1n3-c1ccccc1N2.O=[N+]([O-])c1ccccc1-n1c2ccccc2c2cc(Br)ccc21. The molecule has 65 heavy (non-hydrogen) atoms. The number of nitrogens with zero attached hydrogens (tertiary/aromatic N) is 4. The maximum atomic E-state index is 11.4. The van der Waals surface area contributed by atoms with Crippen molar-refractivity contribution < 1.29 is 4.92 Å². The second-order valence-electron chi connectivity index (χ2n) is 16.3. The summed E-state index contributed by atoms with van der Waals surface area (Å²) in [5.74, 6) is 0. The second kappa shape index (κ2) is 15.3. The van der Waals surface area contributed by atoms with Gasteiger partial charge in [-0.2, -0.15) is 0 Å². The normalized spacial score (nSPS) is 12.0. The largest absolute Gasteiger partial charge is 0.352 e. The van der Waals surface area contributed by atoms with Gasteiger partial charge in [0.2, 0.25) is 0 Å². The zero-order valence-electron chi connectivity index (χ0n) is 34.8. The second-order valence-corrected chi connectivity index (χ2v) is 18.1. The van der Waals surface area contributed by atoms with E-state index < -0.39 is 0 Å². The average molecular weight is 973 g/mol. The van der Waals surface area contributed by atoms with Crippen LogP contribution in [0.1, 0.15) is 5.56 Å². The number of halogens is 2. The van der Waals surface area contributed by atoms with E-state index in [4.69, 9.17) is 0 Å². The Balaban J connectivity index is 0.000000103. The molecule has 10 heteroatoms. The number of nitro benzene ring substituents is 1. The first-order chi connectivity index (χ1) is 31.8. The topological polar surface area (TPSA) is 82.0 Å². The lowest BCUT2D eigenvalue weighted by Crippen LogP contribution is -2.07. The van der Waals surface area contributed by atoms with Crippen LogP contribution >= 0.6 is 31.9 Å². The van der Waals surface area contributed by atoms with Crippen molar-refractivity contribution in [2.24, 2.45) is 0 Å². The maximum absolute atomic E-state index is 11.4. The molecule has 5 heterocycles. The van der Waals surface area contributed by atoms with Crippen molar-refractivity contribution in [2.75, 3.05) is 10.6 Å². The Morgan fingerprint density at radius 2 is 0.877 bits per heavy atom. The Bertz CT molecular complexity index is 3930. The highest BCUT2D eigenvalue weighted by atomic mass is 79.9. The van der Waals surface area contributed by atoms with Gasteiger partial charge in [0.1, 0.15) is 5.69 Å². The van der Waals surface area contributed by atoms with E-state index in [0.717, 1.165) is 36.4 Å². The van der Waals surface area contributed by atoms with Crippen LogP contribution in [0, 0.1) is 17.0 Å². The van der Waals surface area contributed by atoms with E-state index in [1.165, 1.54) is 83.7 Å². The number of fused-ring (bicyclic) bond motifs is 13. The van der Waals surface area contributed by atoms with Gasteiger partial charge in [0.25, 0.3) is 5.69 Å². The summed E-state index contributed by atoms with van der Waals surface area (Å²) < 4.78 is 8.79. The molecule has 2 N–H and O–H groups in total. The summed E-state index contributed by atoms with van der Waals surface area (Å²) in [6.45, 7) is 2.16. The molecule has 0 saturated carbocycles. The number of aryl methyl sites for hydroxylation is 1. The first-order valence-corrected chi connectivity index (χ1v) is 22.8. The number of nitrogens with one attached hydrogen (secondary N) is 2. The summed E-state index contributed by atoms with van der Waals surface area (Å²) in [6.07, 6.45) is 0. The molecule has 0 atom stereocenters. The fourth-order valence-corrected chi connectivity index (χ4v) is 10.6. The maximum Gasteiger partial charge on any atom is 0.293 e. The fraction of sp³-hybridized carbons (Fsp3) is 0.0182. The van der Waals surface area contributed by atoms with Crippen LogP contribution in [0.4, 0.5) is 28.4 Å². The molecule has 0 bridgehead atoms. The van der Waals surface area contributed by atoms with Gasteiger partial charge in [-0.15, -0.1) is 0 Å². The minimum atomic E-state index is -0.338. The lowest BCUT2D eigenvalue weighted by molar-refractivity contribution is -0.384. The Hall–Kier alpha value is -7.66. The standard InChI is InChI=1S/C19H14N2.C18H11BrN2O2.C18H11BrN2/c1-12-10-14-13-6-2-4-8-17(13)21-18-9-5-3-7-15(18)20-16(11-12)19(14)21;19-12-9-10-16-14(11-12)13-5-1-2-6-15(13)20(16)17-7-3-4-8-18(17)21(22)23;19-11-8-9-16-13(10-11)12-4-3-6-15-18(12)21(16)17-7-2-1-5-14(17)20-15/h2-11,20H,1H3;1-11H;1-10,20H. The highest BCUT2D eigenvalue weighted by Crippen LogP contribution is 2.45. The molecule has 0 saturated heterocycles. The molecule has 0 fully saturated rings. The molecule has 14 rings (SSSR count). The molecule has 8 nitrogen and oxygen atoms in total. The Kier molecular flexibility index (Phi) is 9.15. The first-order valence-electron chi connectivity index (χ1n) is 21.2. The third-order valence-electron chi connectivity index (χ3n) is 12.4. The molecular weight excluding hydrogens is 936 g/mol. The molecule has 2 aliphatic rings. The van der Waals surface area contributed by atoms with Crippen LogP contribution in [0.3, 0.4) is 0 Å². The van der Waals surface area contributed by atoms with E-state index in [1.54, 1.807) is 12.1 Å². The average Bonchev–Trinajstić information content (AvgIpc) is 3.96. The summed E-state index contributed by atoms with van der Waals surface area (Å²) >= 11 is 7.09. The predicted molar refractivity (Wildman–Crippen MR) is 276 cm³/mol. The summed E-state index contributed by atoms with van der Waals surface area (Å²) in [5.41, 5.74) is 16.0. The van der Waals surface area contributed by atoms with Crippen LogP contribution in [0.25, 0.3) is 82.5 Å². The molecule has 0 amide bonds. The van der Waals surface area contributed by atoms with Crippen LogP contribution in [-0.4, -0.2) is 18.6 Å². The molecular formula is C55H36Br2N6O2. The predicted octanol–water partition coefficient (Wildman–Crippen LogP) is 16.2. The number of rotatable bonds is 2. The number of hydrogen-bond donors (Lipinski definition) is 2. The van der Waals surface area contributed by atoms with Gasteiger partial charge in [0.05, 0.1) is 72.1 Å². The molecule has 3 aromatic heterocycles. The molecule has 312 valence electrons. The lowest BCUT2D eigenvalue weighted by Gasteiger charge is -2.22. The van der Waals surface area contributed by atoms with Gasteiger partial charge in [-0.25, -0.2) is 0 Å². The molecule has 12 aromatic rings. The van der Waals surface area contributed by atoms with Gasteiger partial charge < -0.3 is 24.3 Å². The van der Waals surface area contributed by atoms with Crippen LogP contribution in [-0.2, 0) is 0 Å². The number of anilines is 4. The molecule has 2 aliphatic heterocycles. The number of para-hydroxylation sites is 9. The number of aromatic nitrogens is 3. The monoisotopic (exact) mass is 970 g/mol. The van der Waals surface area contributed by atoms with E-state index in [9.17, 15) is 10.1 Å². The minimum absolute atomic E-state index is 0.0954. The van der Waals surface area contributed by atoms with E-state index in [0.29, 0.717) is 5.69 Å². The van der Waals surface area contributed by atoms with Gasteiger partial charge in [0, 0.05) is 47.3 Å². The van der Waals surface area contributed by atoms with E-state index in [2.05, 4.69) is 180 Å². The van der Waals surface area contributed by atoms with Gasteiger partial charge in [-0.3, -0.25) is 10.1 Å². The number of hydrogen-bond acceptors (Lipinski definition) is 4. The molecule has 0 unspecified atom stereocenters. The highest BCUT2D eigenvalue weighted by molar-refractivity contribution is 9.10. The molecule has 0 spiro atoms. The summed E-state index contributed by atoms with van der Waals surface area (Å²) in [4.78, 5) is 11.1. The third-order valence-corrected chi connectivity index (χ3v) is 13.4. The lowest BCUT2D eigenvalue weighted by atomic mass is 10.1. The quantitative estimate of drug-likeness (QED) is 0.134. The van der Waals surface area contributed by atoms with Crippen molar-refractivity contribution in [3.8, 4) is 17.1 Å². The minimum Gasteiger partial charge on any atom is -0.352 e. The van der Waals surface area contributed by atoms with E-state index >= 15 is 0 Å². The summed E-state index contributed by atoms with van der Waals surface area (Å²) in [7, 11) is 0. The third kappa shape index (κ3) is 6.24. The molecule has 9 aromatic carbocycles. The van der Waals surface area contributed by atoms with E-state index in [-0.39, 0.29) is 10.6 Å². The Labute approximate surface area is 389 Å². The summed E-state index contributed by atoms with van der Waals surface area (Å²) in [5, 5.41) is 25.9. The van der Waals surface area contributed by atoms with Crippen LogP contribution in [0.15, 0.2) is 197 Å². The highest BCUT2D eigenvalue weighted by Gasteiger charge is 2.24. The van der Waals surface area contributed by atoms with Crippen LogP contribution in [0.2, 0.25) is 0 Å². The van der Waals surface area contributed by atoms with E-state index in [1.807, 2.05) is 53.1 Å². The fourth-order valence-electron chi connectivity index (χ4n) is 9.83. The zero-order valence-corrected chi connectivity index (χ0v) is 37.9. The first kappa shape index (κ1) is 39.0. The molecule has 0 radical (unpaired) electrons. The summed E-state index contributed by atoms with van der Waals surface area (Å²) in [6, 6.07) is 63.8.